The molecule has 0 unspecified atom stereocenters. The molecule has 2 aliphatic rings. The monoisotopic (exact) mass is 351 g/mol. The van der Waals surface area contributed by atoms with Gasteiger partial charge in [0.2, 0.25) is 5.91 Å². The van der Waals surface area contributed by atoms with Gasteiger partial charge in [0.1, 0.15) is 5.92 Å². The van der Waals surface area contributed by atoms with Gasteiger partial charge >= 0.3 is 5.97 Å². The number of carbonyl (C=O) groups excluding carboxylic acids is 1. The highest BCUT2D eigenvalue weighted by molar-refractivity contribution is 9.10. The molecular weight excluding hydrogens is 338 g/mol. The Bertz CT molecular complexity index is 615. The SMILES string of the molecule is O=C(O)[C@@H]1[C@H](C(=O)NCc2ccccc2Br)[C@H]2C=C[C@H]1O2. The number of carbonyl (C=O) groups is 2. The molecule has 0 spiro atoms. The van der Waals surface area contributed by atoms with Crippen LogP contribution in [0.25, 0.3) is 0 Å². The highest BCUT2D eigenvalue weighted by Crippen LogP contribution is 2.39. The molecular formula is C15H14BrNO4. The fourth-order valence-electron chi connectivity index (χ4n) is 2.86. The number of hydrogen-bond acceptors (Lipinski definition) is 3. The van der Waals surface area contributed by atoms with E-state index in [0.29, 0.717) is 6.54 Å². The van der Waals surface area contributed by atoms with Crippen molar-refractivity contribution in [2.75, 3.05) is 0 Å². The molecule has 3 rings (SSSR count). The van der Waals surface area contributed by atoms with Crippen molar-refractivity contribution in [1.82, 2.24) is 5.32 Å². The van der Waals surface area contributed by atoms with Gasteiger partial charge in [-0.15, -0.1) is 0 Å². The van der Waals surface area contributed by atoms with Crippen LogP contribution >= 0.6 is 15.9 Å². The number of carboxylic acid groups (broad SMARTS) is 1. The summed E-state index contributed by atoms with van der Waals surface area (Å²) in [6, 6.07) is 7.57. The van der Waals surface area contributed by atoms with Crippen molar-refractivity contribution < 1.29 is 19.4 Å². The second-order valence-corrected chi connectivity index (χ2v) is 6.00. The number of ether oxygens (including phenoxy) is 1. The summed E-state index contributed by atoms with van der Waals surface area (Å²) < 4.78 is 6.40. The summed E-state index contributed by atoms with van der Waals surface area (Å²) in [5, 5.41) is 12.1. The van der Waals surface area contributed by atoms with Crippen LogP contribution in [0, 0.1) is 11.8 Å². The van der Waals surface area contributed by atoms with Crippen molar-refractivity contribution >= 4 is 27.8 Å². The predicted octanol–water partition coefficient (Wildman–Crippen LogP) is 1.72. The van der Waals surface area contributed by atoms with E-state index in [9.17, 15) is 14.7 Å². The highest BCUT2D eigenvalue weighted by atomic mass is 79.9. The van der Waals surface area contributed by atoms with Crippen LogP contribution in [0.5, 0.6) is 0 Å². The Morgan fingerprint density at radius 3 is 2.52 bits per heavy atom. The number of benzene rings is 1. The van der Waals surface area contributed by atoms with E-state index in [4.69, 9.17) is 4.74 Å². The van der Waals surface area contributed by atoms with E-state index >= 15 is 0 Å². The van der Waals surface area contributed by atoms with Gasteiger partial charge in [-0.2, -0.15) is 0 Å². The average Bonchev–Trinajstić information content (AvgIpc) is 3.06. The maximum atomic E-state index is 12.3. The zero-order valence-corrected chi connectivity index (χ0v) is 12.6. The first-order chi connectivity index (χ1) is 10.1. The standard InChI is InChI=1S/C15H14BrNO4/c16-9-4-2-1-3-8(9)7-17-14(18)12-10-5-6-11(21-10)13(12)15(19)20/h1-6,10-13H,7H2,(H,17,18)(H,19,20)/t10-,11-,12-,13+/m1/s1. The molecule has 0 saturated carbocycles. The number of fused-ring (bicyclic) bond motifs is 2. The molecule has 0 aliphatic carbocycles. The second kappa shape index (κ2) is 5.61. The van der Waals surface area contributed by atoms with Crippen LogP contribution in [-0.2, 0) is 20.9 Å². The molecule has 21 heavy (non-hydrogen) atoms. The molecule has 2 heterocycles. The summed E-state index contributed by atoms with van der Waals surface area (Å²) in [4.78, 5) is 23.7. The number of rotatable bonds is 4. The van der Waals surface area contributed by atoms with E-state index in [0.717, 1.165) is 10.0 Å². The van der Waals surface area contributed by atoms with Crippen molar-refractivity contribution in [3.63, 3.8) is 0 Å². The van der Waals surface area contributed by atoms with E-state index in [1.165, 1.54) is 0 Å². The molecule has 2 N–H and O–H groups in total. The largest absolute Gasteiger partial charge is 0.481 e. The molecule has 2 aliphatic heterocycles. The molecule has 1 fully saturated rings. The van der Waals surface area contributed by atoms with Crippen molar-refractivity contribution in [2.24, 2.45) is 11.8 Å². The maximum Gasteiger partial charge on any atom is 0.310 e. The van der Waals surface area contributed by atoms with Crippen LogP contribution in [0.4, 0.5) is 0 Å². The van der Waals surface area contributed by atoms with Crippen LogP contribution in [-0.4, -0.2) is 29.2 Å². The first-order valence-corrected chi connectivity index (χ1v) is 7.45. The third kappa shape index (κ3) is 2.61. The summed E-state index contributed by atoms with van der Waals surface area (Å²) in [5.41, 5.74) is 0.942. The van der Waals surface area contributed by atoms with Crippen LogP contribution in [0.1, 0.15) is 5.56 Å². The minimum Gasteiger partial charge on any atom is -0.481 e. The van der Waals surface area contributed by atoms with Gasteiger partial charge in [-0.3, -0.25) is 9.59 Å². The van der Waals surface area contributed by atoms with E-state index in [1.54, 1.807) is 12.2 Å². The van der Waals surface area contributed by atoms with Gasteiger partial charge in [-0.1, -0.05) is 46.3 Å². The van der Waals surface area contributed by atoms with Gasteiger partial charge in [0.05, 0.1) is 18.1 Å². The maximum absolute atomic E-state index is 12.3. The lowest BCUT2D eigenvalue weighted by Gasteiger charge is -2.21. The topological polar surface area (TPSA) is 75.6 Å². The number of aliphatic carboxylic acids is 1. The fourth-order valence-corrected chi connectivity index (χ4v) is 3.28. The van der Waals surface area contributed by atoms with Crippen LogP contribution < -0.4 is 5.32 Å². The van der Waals surface area contributed by atoms with Gasteiger partial charge in [0.25, 0.3) is 0 Å². The number of amides is 1. The Labute approximate surface area is 130 Å². The van der Waals surface area contributed by atoms with Crippen molar-refractivity contribution in [3.05, 3.63) is 46.5 Å². The van der Waals surface area contributed by atoms with Gasteiger partial charge in [-0.25, -0.2) is 0 Å². The minimum atomic E-state index is -0.993. The first-order valence-electron chi connectivity index (χ1n) is 6.65. The fraction of sp³-hybridized carbons (Fsp3) is 0.333. The Morgan fingerprint density at radius 1 is 1.19 bits per heavy atom. The third-order valence-corrected chi connectivity index (χ3v) is 4.67. The normalized spacial score (nSPS) is 29.6. The smallest absolute Gasteiger partial charge is 0.310 e. The molecule has 5 nitrogen and oxygen atoms in total. The number of halogens is 1. The van der Waals surface area contributed by atoms with Crippen molar-refractivity contribution in [3.8, 4) is 0 Å². The van der Waals surface area contributed by atoms with Gasteiger partial charge in [0, 0.05) is 11.0 Å². The van der Waals surface area contributed by atoms with Gasteiger partial charge in [0.15, 0.2) is 0 Å². The minimum absolute atomic E-state index is 0.282. The van der Waals surface area contributed by atoms with Crippen LogP contribution in [0.15, 0.2) is 40.9 Å². The summed E-state index contributed by atoms with van der Waals surface area (Å²) >= 11 is 3.42. The predicted molar refractivity (Wildman–Crippen MR) is 78.4 cm³/mol. The third-order valence-electron chi connectivity index (χ3n) is 3.90. The molecule has 1 saturated heterocycles. The van der Waals surface area contributed by atoms with E-state index in [2.05, 4.69) is 21.2 Å². The molecule has 110 valence electrons. The van der Waals surface area contributed by atoms with Crippen molar-refractivity contribution in [2.45, 2.75) is 18.8 Å². The Morgan fingerprint density at radius 2 is 1.86 bits per heavy atom. The van der Waals surface area contributed by atoms with Crippen LogP contribution in [0.2, 0.25) is 0 Å². The molecule has 2 bridgehead atoms. The molecule has 1 aromatic rings. The number of carboxylic acids is 1. The van der Waals surface area contributed by atoms with Crippen molar-refractivity contribution in [1.29, 1.82) is 0 Å². The zero-order valence-electron chi connectivity index (χ0n) is 11.0. The van der Waals surface area contributed by atoms with Gasteiger partial charge in [-0.05, 0) is 11.6 Å². The second-order valence-electron chi connectivity index (χ2n) is 5.15. The Balaban J connectivity index is 1.69. The summed E-state index contributed by atoms with van der Waals surface area (Å²) in [7, 11) is 0. The van der Waals surface area contributed by atoms with E-state index in [1.807, 2.05) is 24.3 Å². The average molecular weight is 352 g/mol. The summed E-state index contributed by atoms with van der Waals surface area (Å²) in [5.74, 6) is -2.75. The molecule has 4 atom stereocenters. The Hall–Kier alpha value is -1.66. The highest BCUT2D eigenvalue weighted by Gasteiger charge is 2.53. The summed E-state index contributed by atoms with van der Waals surface area (Å²) in [6.07, 6.45) is 2.57. The lowest BCUT2D eigenvalue weighted by Crippen LogP contribution is -2.42. The molecule has 1 aromatic carbocycles. The van der Waals surface area contributed by atoms with E-state index in [-0.39, 0.29) is 5.91 Å². The quantitative estimate of drug-likeness (QED) is 0.810. The number of nitrogens with one attached hydrogen (secondary N) is 1. The molecule has 0 aromatic heterocycles. The Kier molecular flexibility index (Phi) is 3.82. The molecule has 1 amide bonds. The summed E-state index contributed by atoms with van der Waals surface area (Å²) in [6.45, 7) is 0.351. The lowest BCUT2D eigenvalue weighted by atomic mass is 9.82. The zero-order chi connectivity index (χ0) is 15.0. The van der Waals surface area contributed by atoms with Gasteiger partial charge < -0.3 is 15.2 Å². The van der Waals surface area contributed by atoms with Crippen LogP contribution in [0.3, 0.4) is 0 Å². The lowest BCUT2D eigenvalue weighted by molar-refractivity contribution is -0.146. The van der Waals surface area contributed by atoms with E-state index < -0.39 is 30.0 Å². The molecule has 0 radical (unpaired) electrons. The number of hydrogen-bond donors (Lipinski definition) is 2. The molecule has 6 heteroatoms. The first kappa shape index (κ1) is 14.3.